The molecule has 0 atom stereocenters. The molecular formula is C14H20N2O2. The van der Waals surface area contributed by atoms with Gasteiger partial charge in [-0.25, -0.2) is 4.79 Å². The van der Waals surface area contributed by atoms with Gasteiger partial charge < -0.3 is 15.4 Å². The Morgan fingerprint density at radius 2 is 2.22 bits per heavy atom. The summed E-state index contributed by atoms with van der Waals surface area (Å²) in [5.74, 6) is 1.55. The van der Waals surface area contributed by atoms with Crippen LogP contribution in [0.5, 0.6) is 5.75 Å². The summed E-state index contributed by atoms with van der Waals surface area (Å²) >= 11 is 0. The molecule has 2 amide bonds. The van der Waals surface area contributed by atoms with Crippen molar-refractivity contribution in [3.05, 3.63) is 29.8 Å². The summed E-state index contributed by atoms with van der Waals surface area (Å²) < 4.78 is 5.53. The van der Waals surface area contributed by atoms with Crippen molar-refractivity contribution in [2.75, 3.05) is 19.7 Å². The summed E-state index contributed by atoms with van der Waals surface area (Å²) in [6.07, 6.45) is 2.49. The van der Waals surface area contributed by atoms with Gasteiger partial charge in [-0.05, 0) is 43.4 Å². The van der Waals surface area contributed by atoms with Crippen LogP contribution in [0.1, 0.15) is 18.4 Å². The van der Waals surface area contributed by atoms with E-state index in [1.165, 1.54) is 18.4 Å². The third-order valence-electron chi connectivity index (χ3n) is 2.89. The van der Waals surface area contributed by atoms with Gasteiger partial charge in [-0.15, -0.1) is 0 Å². The maximum absolute atomic E-state index is 11.4. The van der Waals surface area contributed by atoms with Crippen LogP contribution in [0.2, 0.25) is 0 Å². The van der Waals surface area contributed by atoms with Crippen molar-refractivity contribution in [3.63, 3.8) is 0 Å². The highest BCUT2D eigenvalue weighted by Crippen LogP contribution is 2.27. The Kier molecular flexibility index (Phi) is 4.45. The average Bonchev–Trinajstić information content (AvgIpc) is 3.16. The molecule has 98 valence electrons. The monoisotopic (exact) mass is 248 g/mol. The van der Waals surface area contributed by atoms with Gasteiger partial charge in [0.25, 0.3) is 0 Å². The largest absolute Gasteiger partial charge is 0.492 e. The van der Waals surface area contributed by atoms with E-state index in [1.54, 1.807) is 0 Å². The van der Waals surface area contributed by atoms with Crippen LogP contribution < -0.4 is 15.4 Å². The van der Waals surface area contributed by atoms with Crippen LogP contribution in [0.15, 0.2) is 24.3 Å². The molecule has 4 nitrogen and oxygen atoms in total. The van der Waals surface area contributed by atoms with E-state index < -0.39 is 0 Å². The lowest BCUT2D eigenvalue weighted by atomic mass is 10.2. The number of benzene rings is 1. The number of aryl methyl sites for hydroxylation is 1. The van der Waals surface area contributed by atoms with Crippen molar-refractivity contribution in [3.8, 4) is 5.75 Å². The van der Waals surface area contributed by atoms with E-state index in [4.69, 9.17) is 4.74 Å². The lowest BCUT2D eigenvalue weighted by Gasteiger charge is -2.09. The molecule has 0 heterocycles. The molecule has 18 heavy (non-hydrogen) atoms. The predicted octanol–water partition coefficient (Wildman–Crippen LogP) is 2.08. The summed E-state index contributed by atoms with van der Waals surface area (Å²) in [6.45, 7) is 3.83. The number of hydrogen-bond acceptors (Lipinski definition) is 2. The number of nitrogens with one attached hydrogen (secondary N) is 2. The third-order valence-corrected chi connectivity index (χ3v) is 2.89. The number of hydrogen-bond donors (Lipinski definition) is 2. The van der Waals surface area contributed by atoms with Crippen LogP contribution in [-0.2, 0) is 0 Å². The Balaban J connectivity index is 1.56. The van der Waals surface area contributed by atoms with Crippen molar-refractivity contribution in [1.82, 2.24) is 10.6 Å². The van der Waals surface area contributed by atoms with Gasteiger partial charge in [0.15, 0.2) is 0 Å². The van der Waals surface area contributed by atoms with Gasteiger partial charge in [-0.3, -0.25) is 0 Å². The molecule has 2 rings (SSSR count). The molecule has 0 bridgehead atoms. The quantitative estimate of drug-likeness (QED) is 0.757. The van der Waals surface area contributed by atoms with Crippen molar-refractivity contribution >= 4 is 6.03 Å². The standard InChI is InChI=1S/C14H20N2O2/c1-11-3-2-4-13(9-11)18-8-7-15-14(17)16-10-12-5-6-12/h2-4,9,12H,5-8,10H2,1H3,(H2,15,16,17). The summed E-state index contributed by atoms with van der Waals surface area (Å²) in [5.41, 5.74) is 1.17. The molecule has 1 aliphatic carbocycles. The first-order valence-electron chi connectivity index (χ1n) is 6.45. The zero-order valence-electron chi connectivity index (χ0n) is 10.7. The Labute approximate surface area is 108 Å². The average molecular weight is 248 g/mol. The fraction of sp³-hybridized carbons (Fsp3) is 0.500. The molecule has 0 aliphatic heterocycles. The molecule has 2 N–H and O–H groups in total. The Morgan fingerprint density at radius 3 is 2.94 bits per heavy atom. The van der Waals surface area contributed by atoms with Crippen molar-refractivity contribution in [2.24, 2.45) is 5.92 Å². The predicted molar refractivity (Wildman–Crippen MR) is 70.8 cm³/mol. The number of carbonyl (C=O) groups excluding carboxylic acids is 1. The molecule has 0 radical (unpaired) electrons. The fourth-order valence-electron chi connectivity index (χ4n) is 1.66. The molecule has 1 saturated carbocycles. The molecule has 4 heteroatoms. The van der Waals surface area contributed by atoms with E-state index in [0.29, 0.717) is 19.1 Å². The second kappa shape index (κ2) is 6.28. The van der Waals surface area contributed by atoms with E-state index in [9.17, 15) is 4.79 Å². The van der Waals surface area contributed by atoms with E-state index >= 15 is 0 Å². The van der Waals surface area contributed by atoms with Crippen molar-refractivity contribution < 1.29 is 9.53 Å². The highest BCUT2D eigenvalue weighted by Gasteiger charge is 2.21. The van der Waals surface area contributed by atoms with E-state index in [-0.39, 0.29) is 6.03 Å². The molecule has 1 aliphatic rings. The van der Waals surface area contributed by atoms with Gasteiger partial charge in [0.05, 0.1) is 6.54 Å². The summed E-state index contributed by atoms with van der Waals surface area (Å²) in [6, 6.07) is 7.78. The van der Waals surface area contributed by atoms with Crippen LogP contribution in [0, 0.1) is 12.8 Å². The first-order chi connectivity index (χ1) is 8.74. The van der Waals surface area contributed by atoms with E-state index in [0.717, 1.165) is 12.3 Å². The topological polar surface area (TPSA) is 50.4 Å². The van der Waals surface area contributed by atoms with E-state index in [1.807, 2.05) is 31.2 Å². The molecule has 1 fully saturated rings. The van der Waals surface area contributed by atoms with Gasteiger partial charge in [0.2, 0.25) is 0 Å². The van der Waals surface area contributed by atoms with Crippen molar-refractivity contribution in [1.29, 1.82) is 0 Å². The van der Waals surface area contributed by atoms with Gasteiger partial charge in [0.1, 0.15) is 12.4 Å². The van der Waals surface area contributed by atoms with Crippen molar-refractivity contribution in [2.45, 2.75) is 19.8 Å². The summed E-state index contributed by atoms with van der Waals surface area (Å²) in [5, 5.41) is 5.62. The smallest absolute Gasteiger partial charge is 0.314 e. The first-order valence-corrected chi connectivity index (χ1v) is 6.45. The lowest BCUT2D eigenvalue weighted by Crippen LogP contribution is -2.38. The van der Waals surface area contributed by atoms with Gasteiger partial charge in [-0.2, -0.15) is 0 Å². The highest BCUT2D eigenvalue weighted by molar-refractivity contribution is 5.73. The van der Waals surface area contributed by atoms with Gasteiger partial charge >= 0.3 is 6.03 Å². The Bertz CT molecular complexity index is 403. The highest BCUT2D eigenvalue weighted by atomic mass is 16.5. The lowest BCUT2D eigenvalue weighted by molar-refractivity contribution is 0.236. The minimum atomic E-state index is -0.102. The number of urea groups is 1. The molecule has 1 aromatic rings. The molecule has 1 aromatic carbocycles. The number of carbonyl (C=O) groups is 1. The van der Waals surface area contributed by atoms with Crippen LogP contribution >= 0.6 is 0 Å². The van der Waals surface area contributed by atoms with Crippen LogP contribution in [0.3, 0.4) is 0 Å². The third kappa shape index (κ3) is 4.65. The Morgan fingerprint density at radius 1 is 1.39 bits per heavy atom. The number of ether oxygens (including phenoxy) is 1. The molecule has 0 unspecified atom stereocenters. The maximum atomic E-state index is 11.4. The fourth-order valence-corrected chi connectivity index (χ4v) is 1.66. The minimum Gasteiger partial charge on any atom is -0.492 e. The Hall–Kier alpha value is -1.71. The van der Waals surface area contributed by atoms with Gasteiger partial charge in [-0.1, -0.05) is 12.1 Å². The zero-order chi connectivity index (χ0) is 12.8. The second-order valence-corrected chi connectivity index (χ2v) is 4.75. The zero-order valence-corrected chi connectivity index (χ0v) is 10.7. The summed E-state index contributed by atoms with van der Waals surface area (Å²) in [4.78, 5) is 11.4. The molecule has 0 saturated heterocycles. The number of amides is 2. The first kappa shape index (κ1) is 12.7. The van der Waals surface area contributed by atoms with Crippen LogP contribution in [0.4, 0.5) is 4.79 Å². The second-order valence-electron chi connectivity index (χ2n) is 4.75. The molecule has 0 aromatic heterocycles. The van der Waals surface area contributed by atoms with E-state index in [2.05, 4.69) is 10.6 Å². The van der Waals surface area contributed by atoms with Crippen LogP contribution in [-0.4, -0.2) is 25.7 Å². The maximum Gasteiger partial charge on any atom is 0.314 e. The van der Waals surface area contributed by atoms with Crippen LogP contribution in [0.25, 0.3) is 0 Å². The molecule has 0 spiro atoms. The normalized spacial score (nSPS) is 14.1. The number of rotatable bonds is 6. The molecular weight excluding hydrogens is 228 g/mol. The van der Waals surface area contributed by atoms with Gasteiger partial charge in [0, 0.05) is 6.54 Å². The summed E-state index contributed by atoms with van der Waals surface area (Å²) in [7, 11) is 0. The SMILES string of the molecule is Cc1cccc(OCCNC(=O)NCC2CC2)c1. The minimum absolute atomic E-state index is 0.102.